The molecular formula is C15H31NO5S. The number of aliphatic hydroxyl groups excluding tert-OH is 2. The Kier molecular flexibility index (Phi) is 8.27. The fraction of sp³-hybridized carbons (Fsp3) is 1.00. The third-order valence-corrected chi connectivity index (χ3v) is 5.43. The van der Waals surface area contributed by atoms with Gasteiger partial charge < -0.3 is 15.9 Å². The minimum absolute atomic E-state index is 0.117. The molecule has 0 spiro atoms. The van der Waals surface area contributed by atoms with Crippen LogP contribution < -0.4 is 5.73 Å². The first-order valence-corrected chi connectivity index (χ1v) is 9.87. The lowest BCUT2D eigenvalue weighted by molar-refractivity contribution is -0.0130. The summed E-state index contributed by atoms with van der Waals surface area (Å²) in [5, 5.41) is 20.2. The molecule has 1 rings (SSSR count). The molecule has 22 heavy (non-hydrogen) atoms. The Morgan fingerprint density at radius 1 is 1.18 bits per heavy atom. The summed E-state index contributed by atoms with van der Waals surface area (Å²) >= 11 is 0. The van der Waals surface area contributed by atoms with Crippen LogP contribution in [0.2, 0.25) is 0 Å². The predicted octanol–water partition coefficient (Wildman–Crippen LogP) is 1.31. The molecule has 0 saturated heterocycles. The Bertz CT molecular complexity index is 408. The molecule has 0 aliphatic heterocycles. The molecule has 7 heteroatoms. The van der Waals surface area contributed by atoms with E-state index in [1.54, 1.807) is 6.92 Å². The molecule has 1 unspecified atom stereocenters. The van der Waals surface area contributed by atoms with Crippen LogP contribution in [0.5, 0.6) is 0 Å². The van der Waals surface area contributed by atoms with Crippen molar-refractivity contribution in [2.45, 2.75) is 76.5 Å². The molecule has 0 amide bonds. The van der Waals surface area contributed by atoms with Gasteiger partial charge in [-0.05, 0) is 31.1 Å². The molecular weight excluding hydrogens is 306 g/mol. The van der Waals surface area contributed by atoms with E-state index in [0.717, 1.165) is 19.3 Å². The van der Waals surface area contributed by atoms with Crippen molar-refractivity contribution >= 4 is 10.1 Å². The van der Waals surface area contributed by atoms with Crippen LogP contribution in [0.25, 0.3) is 0 Å². The zero-order valence-electron chi connectivity index (χ0n) is 13.4. The molecule has 1 aliphatic rings. The first-order chi connectivity index (χ1) is 10.2. The summed E-state index contributed by atoms with van der Waals surface area (Å²) in [5.41, 5.74) is 6.02. The first-order valence-electron chi connectivity index (χ1n) is 8.26. The normalized spacial score (nSPS) is 23.0. The van der Waals surface area contributed by atoms with Gasteiger partial charge in [0.1, 0.15) is 0 Å². The number of hydrogen-bond acceptors (Lipinski definition) is 5. The van der Waals surface area contributed by atoms with E-state index in [1.807, 2.05) is 0 Å². The summed E-state index contributed by atoms with van der Waals surface area (Å²) in [6, 6.07) is -0.452. The van der Waals surface area contributed by atoms with Crippen LogP contribution in [0, 0.1) is 11.8 Å². The molecule has 1 fully saturated rings. The van der Waals surface area contributed by atoms with Gasteiger partial charge in [0.15, 0.2) is 0 Å². The molecule has 1 saturated carbocycles. The second-order valence-electron chi connectivity index (χ2n) is 6.88. The van der Waals surface area contributed by atoms with Crippen molar-refractivity contribution in [3.05, 3.63) is 0 Å². The minimum Gasteiger partial charge on any atom is -0.390 e. The Hall–Kier alpha value is -0.210. The maximum atomic E-state index is 10.7. The maximum absolute atomic E-state index is 10.7. The van der Waals surface area contributed by atoms with Crippen molar-refractivity contribution in [3.8, 4) is 0 Å². The third kappa shape index (κ3) is 7.87. The number of nitrogens with two attached hydrogens (primary N) is 1. The van der Waals surface area contributed by atoms with E-state index in [0.29, 0.717) is 5.92 Å². The van der Waals surface area contributed by atoms with Crippen molar-refractivity contribution in [1.82, 2.24) is 0 Å². The predicted molar refractivity (Wildman–Crippen MR) is 86.0 cm³/mol. The summed E-state index contributed by atoms with van der Waals surface area (Å²) in [6.07, 6.45) is 5.26. The highest BCUT2D eigenvalue weighted by molar-refractivity contribution is 7.85. The van der Waals surface area contributed by atoms with Crippen molar-refractivity contribution in [3.63, 3.8) is 0 Å². The number of hydrogen-bond donors (Lipinski definition) is 4. The molecule has 0 aromatic carbocycles. The van der Waals surface area contributed by atoms with Crippen molar-refractivity contribution in [2.24, 2.45) is 17.6 Å². The van der Waals surface area contributed by atoms with Crippen LogP contribution >= 0.6 is 0 Å². The zero-order valence-corrected chi connectivity index (χ0v) is 14.2. The number of aliphatic hydroxyl groups is 2. The molecule has 0 aromatic rings. The monoisotopic (exact) mass is 337 g/mol. The average Bonchev–Trinajstić information content (AvgIpc) is 2.44. The fourth-order valence-corrected chi connectivity index (χ4v) is 3.95. The molecule has 5 N–H and O–H groups in total. The first kappa shape index (κ1) is 19.8. The van der Waals surface area contributed by atoms with E-state index in [4.69, 9.17) is 10.3 Å². The van der Waals surface area contributed by atoms with Gasteiger partial charge >= 0.3 is 0 Å². The molecule has 0 aromatic heterocycles. The van der Waals surface area contributed by atoms with E-state index in [-0.39, 0.29) is 24.5 Å². The van der Waals surface area contributed by atoms with Crippen molar-refractivity contribution < 1.29 is 23.2 Å². The van der Waals surface area contributed by atoms with E-state index in [1.165, 1.54) is 19.3 Å². The van der Waals surface area contributed by atoms with E-state index in [9.17, 15) is 18.6 Å². The van der Waals surface area contributed by atoms with Gasteiger partial charge in [-0.25, -0.2) is 0 Å². The maximum Gasteiger partial charge on any atom is 0.264 e. The summed E-state index contributed by atoms with van der Waals surface area (Å²) in [7, 11) is -3.98. The van der Waals surface area contributed by atoms with Gasteiger partial charge in [0.05, 0.1) is 18.0 Å². The molecule has 1 aliphatic carbocycles. The molecule has 0 radical (unpaired) electrons. The Morgan fingerprint density at radius 2 is 1.77 bits per heavy atom. The van der Waals surface area contributed by atoms with E-state index in [2.05, 4.69) is 0 Å². The third-order valence-electron chi connectivity index (χ3n) is 4.68. The molecule has 4 atom stereocenters. The van der Waals surface area contributed by atoms with E-state index < -0.39 is 28.4 Å². The Morgan fingerprint density at radius 3 is 2.32 bits per heavy atom. The highest BCUT2D eigenvalue weighted by Crippen LogP contribution is 2.28. The lowest BCUT2D eigenvalue weighted by atomic mass is 9.82. The largest absolute Gasteiger partial charge is 0.390 e. The lowest BCUT2D eigenvalue weighted by Crippen LogP contribution is -2.44. The lowest BCUT2D eigenvalue weighted by Gasteiger charge is -2.30. The molecule has 0 bridgehead atoms. The van der Waals surface area contributed by atoms with Crippen LogP contribution in [-0.2, 0) is 10.1 Å². The summed E-state index contributed by atoms with van der Waals surface area (Å²) in [4.78, 5) is 0. The van der Waals surface area contributed by atoms with Crippen LogP contribution in [-0.4, -0.2) is 47.2 Å². The van der Waals surface area contributed by atoms with Gasteiger partial charge in [0.2, 0.25) is 0 Å². The fourth-order valence-electron chi connectivity index (χ4n) is 3.25. The highest BCUT2D eigenvalue weighted by atomic mass is 32.2. The SMILES string of the molecule is CC(CCS(=O)(=O)O)C[C@H](O)[C@H](O)[C@@H](N)CC1CCCCC1. The number of rotatable bonds is 9. The van der Waals surface area contributed by atoms with E-state index >= 15 is 0 Å². The van der Waals surface area contributed by atoms with Gasteiger partial charge in [0.25, 0.3) is 10.1 Å². The molecule has 132 valence electrons. The van der Waals surface area contributed by atoms with Crippen LogP contribution in [0.3, 0.4) is 0 Å². The summed E-state index contributed by atoms with van der Waals surface area (Å²) < 4.78 is 30.1. The average molecular weight is 337 g/mol. The van der Waals surface area contributed by atoms with Gasteiger partial charge in [0, 0.05) is 6.04 Å². The quantitative estimate of drug-likeness (QED) is 0.471. The van der Waals surface area contributed by atoms with Crippen LogP contribution in [0.1, 0.15) is 58.3 Å². The molecule has 6 nitrogen and oxygen atoms in total. The van der Waals surface area contributed by atoms with Crippen molar-refractivity contribution in [1.29, 1.82) is 0 Å². The summed E-state index contributed by atoms with van der Waals surface area (Å²) in [6.45, 7) is 1.79. The van der Waals surface area contributed by atoms with Gasteiger partial charge in [-0.3, -0.25) is 4.55 Å². The Balaban J connectivity index is 2.34. The second kappa shape index (κ2) is 9.17. The van der Waals surface area contributed by atoms with Crippen LogP contribution in [0.4, 0.5) is 0 Å². The minimum atomic E-state index is -3.98. The van der Waals surface area contributed by atoms with Gasteiger partial charge in [-0.1, -0.05) is 39.0 Å². The van der Waals surface area contributed by atoms with Gasteiger partial charge in [-0.15, -0.1) is 0 Å². The van der Waals surface area contributed by atoms with Crippen LogP contribution in [0.15, 0.2) is 0 Å². The van der Waals surface area contributed by atoms with Gasteiger partial charge in [-0.2, -0.15) is 8.42 Å². The topological polar surface area (TPSA) is 121 Å². The standard InChI is InChI=1S/C15H31NO5S/c1-11(7-8-22(19,20)21)9-14(17)15(18)13(16)10-12-5-3-2-4-6-12/h11-15,17-18H,2-10,16H2,1H3,(H,19,20,21)/t11?,13-,14-,15+/m0/s1. The molecule has 0 heterocycles. The second-order valence-corrected chi connectivity index (χ2v) is 8.45. The van der Waals surface area contributed by atoms with Crippen molar-refractivity contribution in [2.75, 3.05) is 5.75 Å². The highest BCUT2D eigenvalue weighted by Gasteiger charge is 2.28. The zero-order chi connectivity index (χ0) is 16.8. The smallest absolute Gasteiger partial charge is 0.264 e. The summed E-state index contributed by atoms with van der Waals surface area (Å²) in [5.74, 6) is 0.0847. The Labute approximate surface area is 133 Å².